The summed E-state index contributed by atoms with van der Waals surface area (Å²) in [7, 11) is -1.94. The van der Waals surface area contributed by atoms with E-state index in [9.17, 15) is 40.1 Å². The van der Waals surface area contributed by atoms with Crippen LogP contribution in [0.1, 0.15) is 42.0 Å². The van der Waals surface area contributed by atoms with Crippen LogP contribution in [0.15, 0.2) is 47.0 Å². The molecule has 1 unspecified atom stereocenters. The smallest absolute Gasteiger partial charge is 0.350 e. The summed E-state index contributed by atoms with van der Waals surface area (Å²) in [4.78, 5) is 16.7. The molecule has 0 amide bonds. The third kappa shape index (κ3) is 7.46. The van der Waals surface area contributed by atoms with Gasteiger partial charge in [0, 0.05) is 26.7 Å². The number of morpholine rings is 1. The number of hydrogen-bond donors (Lipinski definition) is 1. The van der Waals surface area contributed by atoms with Crippen molar-refractivity contribution in [1.29, 1.82) is 0 Å². The zero-order chi connectivity index (χ0) is 31.7. The highest BCUT2D eigenvalue weighted by Gasteiger charge is 2.41. The van der Waals surface area contributed by atoms with Crippen LogP contribution in [0.25, 0.3) is 0 Å². The number of nitrogens with one attached hydrogen (secondary N) is 1. The maximum absolute atomic E-state index is 13.8. The minimum absolute atomic E-state index is 0.0183. The lowest BCUT2D eigenvalue weighted by Crippen LogP contribution is -2.55. The number of hydrogen-bond acceptors (Lipinski definition) is 8. The molecule has 1 aliphatic heterocycles. The Labute approximate surface area is 240 Å². The molecule has 10 nitrogen and oxygen atoms in total. The van der Waals surface area contributed by atoms with Crippen molar-refractivity contribution in [1.82, 2.24) is 19.4 Å². The molecule has 18 heteroatoms. The Morgan fingerprint density at radius 2 is 1.74 bits per heavy atom. The van der Waals surface area contributed by atoms with Gasteiger partial charge >= 0.3 is 25.8 Å². The zero-order valence-corrected chi connectivity index (χ0v) is 23.9. The van der Waals surface area contributed by atoms with Crippen LogP contribution < -0.4 is 5.69 Å². The molecule has 4 rings (SSSR count). The molecule has 1 aromatic heterocycles. The Balaban J connectivity index is 1.66. The molecule has 1 saturated heterocycles. The lowest BCUT2D eigenvalue weighted by Gasteiger charge is -2.44. The Hall–Kier alpha value is -2.82. The number of alkyl halides is 6. The van der Waals surface area contributed by atoms with E-state index in [1.54, 1.807) is 11.0 Å². The van der Waals surface area contributed by atoms with Crippen LogP contribution in [-0.4, -0.2) is 59.1 Å². The number of aromatic nitrogens is 3. The molecule has 1 aliphatic carbocycles. The first-order chi connectivity index (χ1) is 20.1. The molecular formula is C25H28F7N4O6P. The molecule has 2 aromatic rings. The van der Waals surface area contributed by atoms with Crippen LogP contribution in [0, 0.1) is 5.92 Å². The first-order valence-corrected chi connectivity index (χ1v) is 14.3. The van der Waals surface area contributed by atoms with E-state index in [4.69, 9.17) is 18.5 Å². The highest BCUT2D eigenvalue weighted by atomic mass is 31.2. The van der Waals surface area contributed by atoms with Crippen molar-refractivity contribution in [3.8, 4) is 0 Å². The summed E-state index contributed by atoms with van der Waals surface area (Å²) in [6.45, 7) is 1.44. The SMILES string of the molecule is COP(=O)(OC)n1nc(CN2CCO[C@H](O[C@H](C)c3cc(C(F)(F)F)cc(C(F)(F)F)c3)[C@@H]2C2C=CC(F)=CC2)[nH]c1=O. The van der Waals surface area contributed by atoms with Gasteiger partial charge in [0.2, 0.25) is 0 Å². The Morgan fingerprint density at radius 1 is 1.12 bits per heavy atom. The van der Waals surface area contributed by atoms with Crippen molar-refractivity contribution in [2.24, 2.45) is 5.92 Å². The topological polar surface area (TPSA) is 108 Å². The van der Waals surface area contributed by atoms with Gasteiger partial charge in [0.1, 0.15) is 11.7 Å². The maximum Gasteiger partial charge on any atom is 0.459 e. The van der Waals surface area contributed by atoms with Crippen LogP contribution in [0.5, 0.6) is 0 Å². The van der Waals surface area contributed by atoms with Crippen LogP contribution >= 0.6 is 7.75 Å². The summed E-state index contributed by atoms with van der Waals surface area (Å²) < 4.78 is 129. The van der Waals surface area contributed by atoms with Crippen molar-refractivity contribution in [3.05, 3.63) is 75.3 Å². The molecule has 0 saturated carbocycles. The molecule has 4 atom stereocenters. The molecule has 1 aromatic carbocycles. The quantitative estimate of drug-likeness (QED) is 0.278. The van der Waals surface area contributed by atoms with Gasteiger partial charge in [0.25, 0.3) is 0 Å². The molecule has 0 spiro atoms. The normalized spacial score (nSPS) is 22.9. The minimum Gasteiger partial charge on any atom is -0.350 e. The van der Waals surface area contributed by atoms with Gasteiger partial charge in [0.05, 0.1) is 36.4 Å². The third-order valence-corrected chi connectivity index (χ3v) is 8.66. The van der Waals surface area contributed by atoms with E-state index < -0.39 is 67.1 Å². The minimum atomic E-state index is -5.05. The fourth-order valence-electron chi connectivity index (χ4n) is 4.86. The van der Waals surface area contributed by atoms with Crippen LogP contribution in [-0.2, 0) is 42.0 Å². The number of aromatic amines is 1. The van der Waals surface area contributed by atoms with E-state index in [1.165, 1.54) is 19.1 Å². The second kappa shape index (κ2) is 12.7. The standard InChI is InChI=1S/C25H28F7N4O6P/c1-14(16-10-17(24(27,28)29)12-18(11-16)25(30,31)32)42-22-21(15-4-6-19(26)7-5-15)35(8-9-41-22)13-20-33-23(37)36(34-20)43(38,39-2)40-3/h4,6-7,10-12,14-15,21-22H,5,8-9,13H2,1-3H3,(H,33,34,37)/t14-,15?,21+,22-/m1/s1. The number of nitrogens with zero attached hydrogens (tertiary/aromatic N) is 3. The number of rotatable bonds is 9. The first kappa shape index (κ1) is 33.1. The average molecular weight is 644 g/mol. The molecular weight excluding hydrogens is 616 g/mol. The van der Waals surface area contributed by atoms with Crippen molar-refractivity contribution in [2.75, 3.05) is 27.4 Å². The molecule has 1 fully saturated rings. The zero-order valence-electron chi connectivity index (χ0n) is 23.0. The van der Waals surface area contributed by atoms with E-state index in [2.05, 4.69) is 10.1 Å². The predicted octanol–water partition coefficient (Wildman–Crippen LogP) is 5.59. The molecule has 0 bridgehead atoms. The van der Waals surface area contributed by atoms with Gasteiger partial charge in [-0.25, -0.2) is 13.8 Å². The number of benzene rings is 1. The largest absolute Gasteiger partial charge is 0.459 e. The fraction of sp³-hybridized carbons (Fsp3) is 0.520. The summed E-state index contributed by atoms with van der Waals surface area (Å²) in [6, 6.07) is 0.414. The molecule has 0 radical (unpaired) electrons. The summed E-state index contributed by atoms with van der Waals surface area (Å²) in [6.07, 6.45) is -8.38. The van der Waals surface area contributed by atoms with Gasteiger partial charge < -0.3 is 9.47 Å². The lowest BCUT2D eigenvalue weighted by molar-refractivity contribution is -0.236. The molecule has 1 N–H and O–H groups in total. The van der Waals surface area contributed by atoms with E-state index in [-0.39, 0.29) is 43.6 Å². The first-order valence-electron chi connectivity index (χ1n) is 12.8. The summed E-state index contributed by atoms with van der Waals surface area (Å²) >= 11 is 0. The number of H-pyrrole nitrogens is 1. The van der Waals surface area contributed by atoms with Gasteiger partial charge in [-0.15, -0.1) is 9.55 Å². The monoisotopic (exact) mass is 644 g/mol. The second-order valence-corrected chi connectivity index (χ2v) is 11.8. The second-order valence-electron chi connectivity index (χ2n) is 9.77. The maximum atomic E-state index is 13.8. The van der Waals surface area contributed by atoms with Crippen molar-refractivity contribution < 1.29 is 53.8 Å². The predicted molar refractivity (Wildman–Crippen MR) is 136 cm³/mol. The molecule has 238 valence electrons. The number of allylic oxidation sites excluding steroid dienone is 3. The average Bonchev–Trinajstić information content (AvgIpc) is 3.32. The van der Waals surface area contributed by atoms with Crippen molar-refractivity contribution >= 4 is 7.75 Å². The highest BCUT2D eigenvalue weighted by Crippen LogP contribution is 2.45. The Bertz CT molecular complexity index is 1430. The van der Waals surface area contributed by atoms with Crippen molar-refractivity contribution in [2.45, 2.75) is 50.7 Å². The molecule has 43 heavy (non-hydrogen) atoms. The van der Waals surface area contributed by atoms with Crippen LogP contribution in [0.2, 0.25) is 0 Å². The molecule has 2 aliphatic rings. The summed E-state index contributed by atoms with van der Waals surface area (Å²) in [5.41, 5.74) is -4.25. The Kier molecular flexibility index (Phi) is 9.74. The lowest BCUT2D eigenvalue weighted by atomic mass is 9.89. The highest BCUT2D eigenvalue weighted by molar-refractivity contribution is 7.51. The van der Waals surface area contributed by atoms with Crippen molar-refractivity contribution in [3.63, 3.8) is 0 Å². The van der Waals surface area contributed by atoms with Gasteiger partial charge in [-0.1, -0.05) is 6.08 Å². The summed E-state index contributed by atoms with van der Waals surface area (Å²) in [5.74, 6) is -0.943. The number of halogens is 7. The number of ether oxygens (including phenoxy) is 2. The van der Waals surface area contributed by atoms with Gasteiger partial charge in [-0.2, -0.15) is 26.3 Å². The van der Waals surface area contributed by atoms with Gasteiger partial charge in [-0.3, -0.25) is 18.9 Å². The third-order valence-electron chi connectivity index (χ3n) is 7.00. The van der Waals surface area contributed by atoms with E-state index in [1.807, 2.05) is 0 Å². The fourth-order valence-corrected chi connectivity index (χ4v) is 5.81. The Morgan fingerprint density at radius 3 is 2.28 bits per heavy atom. The molecule has 2 heterocycles. The summed E-state index contributed by atoms with van der Waals surface area (Å²) in [5, 5.41) is 4.02. The van der Waals surface area contributed by atoms with E-state index in [0.29, 0.717) is 16.6 Å². The van der Waals surface area contributed by atoms with E-state index in [0.717, 1.165) is 14.2 Å². The van der Waals surface area contributed by atoms with Gasteiger partial charge in [-0.05, 0) is 49.3 Å². The van der Waals surface area contributed by atoms with Crippen LogP contribution in [0.4, 0.5) is 30.7 Å². The van der Waals surface area contributed by atoms with Crippen LogP contribution in [0.3, 0.4) is 0 Å². The van der Waals surface area contributed by atoms with E-state index >= 15 is 0 Å². The van der Waals surface area contributed by atoms with Gasteiger partial charge in [0.15, 0.2) is 6.29 Å².